The van der Waals surface area contributed by atoms with Gasteiger partial charge in [-0.1, -0.05) is 0 Å². The van der Waals surface area contributed by atoms with Crippen molar-refractivity contribution in [1.29, 1.82) is 0 Å². The highest BCUT2D eigenvalue weighted by molar-refractivity contribution is 4.93. The van der Waals surface area contributed by atoms with Gasteiger partial charge in [0, 0.05) is 52.9 Å². The molecule has 1 aromatic heterocycles. The first-order valence-electron chi connectivity index (χ1n) is 7.15. The Morgan fingerprint density at radius 2 is 2.20 bits per heavy atom. The Morgan fingerprint density at radius 1 is 1.35 bits per heavy atom. The summed E-state index contributed by atoms with van der Waals surface area (Å²) in [4.78, 5) is 6.85. The summed E-state index contributed by atoms with van der Waals surface area (Å²) in [6.07, 6.45) is 5.09. The second-order valence-corrected chi connectivity index (χ2v) is 5.04. The summed E-state index contributed by atoms with van der Waals surface area (Å²) in [7, 11) is 3.45. The smallest absolute Gasteiger partial charge is 0.122 e. The first kappa shape index (κ1) is 15.4. The Kier molecular flexibility index (Phi) is 6.46. The Morgan fingerprint density at radius 3 is 3.00 bits per heavy atom. The van der Waals surface area contributed by atoms with Gasteiger partial charge in [0.05, 0.1) is 25.9 Å². The molecular formula is C14H25N3O3. The molecule has 0 amide bonds. The normalized spacial score (nSPS) is 20.4. The molecule has 20 heavy (non-hydrogen) atoms. The highest BCUT2D eigenvalue weighted by Gasteiger charge is 2.21. The van der Waals surface area contributed by atoms with Crippen molar-refractivity contribution in [3.05, 3.63) is 18.2 Å². The van der Waals surface area contributed by atoms with Gasteiger partial charge in [0.15, 0.2) is 0 Å². The number of imidazole rings is 1. The molecule has 0 aromatic carbocycles. The van der Waals surface area contributed by atoms with Gasteiger partial charge in [0.2, 0.25) is 0 Å². The van der Waals surface area contributed by atoms with Gasteiger partial charge in [-0.2, -0.15) is 0 Å². The van der Waals surface area contributed by atoms with Crippen molar-refractivity contribution in [2.75, 3.05) is 47.1 Å². The third kappa shape index (κ3) is 4.56. The summed E-state index contributed by atoms with van der Waals surface area (Å²) in [5.41, 5.74) is 0. The molecule has 1 unspecified atom stereocenters. The fourth-order valence-corrected chi connectivity index (χ4v) is 2.43. The van der Waals surface area contributed by atoms with Crippen molar-refractivity contribution < 1.29 is 14.2 Å². The van der Waals surface area contributed by atoms with Crippen LogP contribution in [0.1, 0.15) is 12.2 Å². The molecule has 2 rings (SSSR count). The summed E-state index contributed by atoms with van der Waals surface area (Å²) < 4.78 is 18.2. The second kappa shape index (κ2) is 8.36. The monoisotopic (exact) mass is 283 g/mol. The quantitative estimate of drug-likeness (QED) is 0.705. The lowest BCUT2D eigenvalue weighted by atomic mass is 10.2. The van der Waals surface area contributed by atoms with Crippen molar-refractivity contribution in [2.24, 2.45) is 0 Å². The highest BCUT2D eigenvalue weighted by atomic mass is 16.5. The zero-order valence-electron chi connectivity index (χ0n) is 12.5. The topological polar surface area (TPSA) is 48.8 Å². The van der Waals surface area contributed by atoms with E-state index in [-0.39, 0.29) is 6.10 Å². The largest absolute Gasteiger partial charge is 0.385 e. The van der Waals surface area contributed by atoms with Crippen molar-refractivity contribution in [1.82, 2.24) is 14.5 Å². The number of nitrogens with zero attached hydrogens (tertiary/aromatic N) is 3. The Balaban J connectivity index is 1.84. The second-order valence-electron chi connectivity index (χ2n) is 5.04. The fraction of sp³-hybridized carbons (Fsp3) is 0.786. The number of ether oxygens (including phenoxy) is 3. The first-order chi connectivity index (χ1) is 9.83. The van der Waals surface area contributed by atoms with Gasteiger partial charge in [-0.05, 0) is 6.42 Å². The van der Waals surface area contributed by atoms with Crippen LogP contribution in [0.5, 0.6) is 0 Å². The van der Waals surface area contributed by atoms with E-state index in [1.807, 2.05) is 12.4 Å². The molecule has 0 radical (unpaired) electrons. The van der Waals surface area contributed by atoms with Crippen LogP contribution in [0.25, 0.3) is 0 Å². The van der Waals surface area contributed by atoms with E-state index in [1.165, 1.54) is 0 Å². The van der Waals surface area contributed by atoms with Crippen LogP contribution in [-0.4, -0.2) is 67.7 Å². The molecule has 0 aliphatic carbocycles. The molecule has 1 fully saturated rings. The number of methoxy groups -OCH3 is 2. The SMILES string of the molecule is COCCC1CN(Cc2nccn2CCOC)CCO1. The average Bonchev–Trinajstić information content (AvgIpc) is 2.90. The summed E-state index contributed by atoms with van der Waals surface area (Å²) in [6.45, 7) is 5.87. The van der Waals surface area contributed by atoms with Crippen molar-refractivity contribution in [2.45, 2.75) is 25.6 Å². The molecule has 1 atom stereocenters. The number of morpholine rings is 1. The lowest BCUT2D eigenvalue weighted by Gasteiger charge is -2.32. The molecule has 0 saturated carbocycles. The van der Waals surface area contributed by atoms with E-state index in [0.29, 0.717) is 6.61 Å². The minimum atomic E-state index is 0.270. The molecule has 2 heterocycles. The molecule has 0 spiro atoms. The number of hydrogen-bond acceptors (Lipinski definition) is 5. The highest BCUT2D eigenvalue weighted by Crippen LogP contribution is 2.12. The van der Waals surface area contributed by atoms with Crippen LogP contribution in [-0.2, 0) is 27.3 Å². The minimum Gasteiger partial charge on any atom is -0.385 e. The van der Waals surface area contributed by atoms with Crippen LogP contribution >= 0.6 is 0 Å². The third-order valence-corrected chi connectivity index (χ3v) is 3.57. The van der Waals surface area contributed by atoms with Crippen molar-refractivity contribution in [3.63, 3.8) is 0 Å². The van der Waals surface area contributed by atoms with E-state index in [4.69, 9.17) is 14.2 Å². The number of rotatable bonds is 8. The standard InChI is InChI=1S/C14H25N3O3/c1-18-8-3-13-11-16(6-10-20-13)12-14-15-4-5-17(14)7-9-19-2/h4-5,13H,3,6-12H2,1-2H3. The predicted molar refractivity (Wildman–Crippen MR) is 75.6 cm³/mol. The van der Waals surface area contributed by atoms with Crippen LogP contribution in [0, 0.1) is 0 Å². The van der Waals surface area contributed by atoms with Gasteiger partial charge in [-0.25, -0.2) is 4.98 Å². The van der Waals surface area contributed by atoms with Crippen LogP contribution in [0.3, 0.4) is 0 Å². The first-order valence-corrected chi connectivity index (χ1v) is 7.15. The zero-order chi connectivity index (χ0) is 14.2. The lowest BCUT2D eigenvalue weighted by molar-refractivity contribution is -0.0441. The Labute approximate surface area is 120 Å². The summed E-state index contributed by atoms with van der Waals surface area (Å²) in [5.74, 6) is 1.09. The maximum absolute atomic E-state index is 5.76. The summed E-state index contributed by atoms with van der Waals surface area (Å²) in [6, 6.07) is 0. The average molecular weight is 283 g/mol. The molecule has 6 heteroatoms. The van der Waals surface area contributed by atoms with E-state index in [2.05, 4.69) is 14.5 Å². The van der Waals surface area contributed by atoms with E-state index in [1.54, 1.807) is 14.2 Å². The van der Waals surface area contributed by atoms with E-state index in [0.717, 1.165) is 51.6 Å². The maximum Gasteiger partial charge on any atom is 0.122 e. The molecule has 1 aromatic rings. The molecule has 1 aliphatic heterocycles. The van der Waals surface area contributed by atoms with Gasteiger partial charge >= 0.3 is 0 Å². The molecule has 1 saturated heterocycles. The maximum atomic E-state index is 5.76. The Bertz CT molecular complexity index is 383. The molecule has 0 N–H and O–H groups in total. The number of aromatic nitrogens is 2. The number of hydrogen-bond donors (Lipinski definition) is 0. The zero-order valence-corrected chi connectivity index (χ0v) is 12.5. The van der Waals surface area contributed by atoms with Gasteiger partial charge in [0.1, 0.15) is 5.82 Å². The molecular weight excluding hydrogens is 258 g/mol. The van der Waals surface area contributed by atoms with Gasteiger partial charge in [-0.15, -0.1) is 0 Å². The van der Waals surface area contributed by atoms with Gasteiger partial charge < -0.3 is 18.8 Å². The molecule has 1 aliphatic rings. The van der Waals surface area contributed by atoms with Crippen molar-refractivity contribution in [3.8, 4) is 0 Å². The lowest BCUT2D eigenvalue weighted by Crippen LogP contribution is -2.42. The predicted octanol–water partition coefficient (Wildman–Crippen LogP) is 0.767. The molecule has 6 nitrogen and oxygen atoms in total. The molecule has 0 bridgehead atoms. The van der Waals surface area contributed by atoms with E-state index >= 15 is 0 Å². The van der Waals surface area contributed by atoms with Crippen LogP contribution in [0.4, 0.5) is 0 Å². The minimum absolute atomic E-state index is 0.270. The van der Waals surface area contributed by atoms with E-state index in [9.17, 15) is 0 Å². The van der Waals surface area contributed by atoms with Gasteiger partial charge in [-0.3, -0.25) is 4.90 Å². The fourth-order valence-electron chi connectivity index (χ4n) is 2.43. The Hall–Kier alpha value is -0.950. The van der Waals surface area contributed by atoms with Gasteiger partial charge in [0.25, 0.3) is 0 Å². The van der Waals surface area contributed by atoms with Crippen LogP contribution in [0.15, 0.2) is 12.4 Å². The summed E-state index contributed by atoms with van der Waals surface area (Å²) in [5, 5.41) is 0. The summed E-state index contributed by atoms with van der Waals surface area (Å²) >= 11 is 0. The van der Waals surface area contributed by atoms with E-state index < -0.39 is 0 Å². The van der Waals surface area contributed by atoms with Crippen LogP contribution in [0.2, 0.25) is 0 Å². The van der Waals surface area contributed by atoms with Crippen molar-refractivity contribution >= 4 is 0 Å². The van der Waals surface area contributed by atoms with Crippen LogP contribution < -0.4 is 0 Å². The molecule has 114 valence electrons. The third-order valence-electron chi connectivity index (χ3n) is 3.57.